The highest BCUT2D eigenvalue weighted by molar-refractivity contribution is 5.76. The molecule has 6 heteroatoms. The molecule has 0 aromatic carbocycles. The molecule has 0 aromatic rings. The minimum absolute atomic E-state index is 0.00888. The van der Waals surface area contributed by atoms with Crippen LogP contribution in [-0.2, 0) is 9.53 Å². The van der Waals surface area contributed by atoms with Gasteiger partial charge in [-0.2, -0.15) is 0 Å². The predicted molar refractivity (Wildman–Crippen MR) is 80.2 cm³/mol. The normalized spacial score (nSPS) is 16.7. The van der Waals surface area contributed by atoms with E-state index in [1.165, 1.54) is 0 Å². The first-order valence-electron chi connectivity index (χ1n) is 7.73. The van der Waals surface area contributed by atoms with Crippen LogP contribution in [0.2, 0.25) is 0 Å². The number of carbonyl (C=O) groups excluding carboxylic acids is 1. The maximum atomic E-state index is 12.6. The Balaban J connectivity index is 2.60. The molecule has 0 spiro atoms. The molecule has 21 heavy (non-hydrogen) atoms. The van der Waals surface area contributed by atoms with Crippen LogP contribution in [0.3, 0.4) is 0 Å². The molecule has 1 atom stereocenters. The van der Waals surface area contributed by atoms with Gasteiger partial charge in [-0.1, -0.05) is 20.8 Å². The monoisotopic (exact) mass is 300 g/mol. The molecule has 0 bridgehead atoms. The van der Waals surface area contributed by atoms with E-state index in [0.717, 1.165) is 12.8 Å². The number of rotatable bonds is 8. The van der Waals surface area contributed by atoms with Crippen LogP contribution in [-0.4, -0.2) is 66.3 Å². The lowest BCUT2D eigenvalue weighted by Gasteiger charge is -2.45. The Morgan fingerprint density at radius 1 is 1.33 bits per heavy atom. The van der Waals surface area contributed by atoms with E-state index in [2.05, 4.69) is 13.8 Å². The van der Waals surface area contributed by atoms with Crippen LogP contribution in [0.4, 0.5) is 4.79 Å². The Morgan fingerprint density at radius 2 is 1.90 bits per heavy atom. The van der Waals surface area contributed by atoms with Crippen molar-refractivity contribution in [1.29, 1.82) is 0 Å². The average molecular weight is 300 g/mol. The number of hydrogen-bond donors (Lipinski definition) is 1. The first kappa shape index (κ1) is 17.8. The highest BCUT2D eigenvalue weighted by Gasteiger charge is 2.39. The number of carboxylic acid groups (broad SMARTS) is 1. The number of amides is 2. The van der Waals surface area contributed by atoms with Gasteiger partial charge in [0, 0.05) is 38.7 Å². The van der Waals surface area contributed by atoms with Gasteiger partial charge in [-0.25, -0.2) is 4.79 Å². The molecule has 0 aromatic heterocycles. The van der Waals surface area contributed by atoms with Crippen molar-refractivity contribution in [2.24, 2.45) is 11.8 Å². The minimum Gasteiger partial charge on any atom is -0.481 e. The van der Waals surface area contributed by atoms with Crippen LogP contribution in [0.25, 0.3) is 0 Å². The summed E-state index contributed by atoms with van der Waals surface area (Å²) in [4.78, 5) is 27.1. The number of ether oxygens (including phenoxy) is 1. The topological polar surface area (TPSA) is 70.1 Å². The number of carbonyl (C=O) groups is 2. The molecule has 1 rings (SSSR count). The summed E-state index contributed by atoms with van der Waals surface area (Å²) in [7, 11) is 1.63. The molecular formula is C15H28N2O4. The van der Waals surface area contributed by atoms with Gasteiger partial charge in [0.15, 0.2) is 0 Å². The number of methoxy groups -OCH3 is 1. The third kappa shape index (κ3) is 4.33. The van der Waals surface area contributed by atoms with E-state index >= 15 is 0 Å². The summed E-state index contributed by atoms with van der Waals surface area (Å²) in [6, 6.07) is 0.221. The molecule has 1 N–H and O–H groups in total. The third-order valence-electron chi connectivity index (χ3n) is 4.44. The summed E-state index contributed by atoms with van der Waals surface area (Å²) in [5, 5.41) is 9.00. The van der Waals surface area contributed by atoms with Crippen molar-refractivity contribution >= 4 is 12.0 Å². The van der Waals surface area contributed by atoms with Crippen molar-refractivity contribution < 1.29 is 19.4 Å². The molecule has 0 saturated carbocycles. The Kier molecular flexibility index (Phi) is 6.95. The van der Waals surface area contributed by atoms with Gasteiger partial charge in [-0.15, -0.1) is 0 Å². The molecule has 1 unspecified atom stereocenters. The van der Waals surface area contributed by atoms with Gasteiger partial charge >= 0.3 is 12.0 Å². The van der Waals surface area contributed by atoms with E-state index in [9.17, 15) is 9.59 Å². The van der Waals surface area contributed by atoms with E-state index < -0.39 is 11.9 Å². The molecule has 0 aliphatic carbocycles. The lowest BCUT2D eigenvalue weighted by molar-refractivity contribution is -0.145. The average Bonchev–Trinajstić information content (AvgIpc) is 2.41. The largest absolute Gasteiger partial charge is 0.481 e. The standard InChI is InChI=1S/C15H28N2O4/c1-5-13(6-2)17(7-8-21-4)15(20)16-9-12(10-16)11(3)14(18)19/h11-13H,5-10H2,1-4H3,(H,18,19). The summed E-state index contributed by atoms with van der Waals surface area (Å²) in [6.45, 7) is 8.03. The van der Waals surface area contributed by atoms with Gasteiger partial charge in [0.05, 0.1) is 12.5 Å². The molecule has 1 aliphatic heterocycles. The van der Waals surface area contributed by atoms with Crippen LogP contribution >= 0.6 is 0 Å². The molecule has 1 heterocycles. The fourth-order valence-electron chi connectivity index (χ4n) is 2.72. The van der Waals surface area contributed by atoms with Gasteiger partial charge in [0.2, 0.25) is 0 Å². The Hall–Kier alpha value is -1.30. The number of carboxylic acids is 1. The lowest BCUT2D eigenvalue weighted by Crippen LogP contribution is -2.59. The summed E-state index contributed by atoms with van der Waals surface area (Å²) >= 11 is 0. The second-order valence-corrected chi connectivity index (χ2v) is 5.73. The third-order valence-corrected chi connectivity index (χ3v) is 4.44. The molecule has 6 nitrogen and oxygen atoms in total. The van der Waals surface area contributed by atoms with Crippen LogP contribution in [0.15, 0.2) is 0 Å². The Morgan fingerprint density at radius 3 is 2.33 bits per heavy atom. The SMILES string of the molecule is CCC(CC)N(CCOC)C(=O)N1CC(C(C)C(=O)O)C1. The minimum atomic E-state index is -0.789. The zero-order valence-corrected chi connectivity index (χ0v) is 13.5. The molecule has 1 saturated heterocycles. The first-order valence-corrected chi connectivity index (χ1v) is 7.73. The quantitative estimate of drug-likeness (QED) is 0.743. The van der Waals surface area contributed by atoms with Gasteiger partial charge in [-0.3, -0.25) is 4.79 Å². The van der Waals surface area contributed by atoms with E-state index in [0.29, 0.717) is 26.2 Å². The van der Waals surface area contributed by atoms with Crippen LogP contribution in [0.5, 0.6) is 0 Å². The van der Waals surface area contributed by atoms with Gasteiger partial charge in [0.1, 0.15) is 0 Å². The van der Waals surface area contributed by atoms with E-state index in [-0.39, 0.29) is 18.0 Å². The molecule has 1 aliphatic rings. The van der Waals surface area contributed by atoms with Crippen LogP contribution < -0.4 is 0 Å². The highest BCUT2D eigenvalue weighted by atomic mass is 16.5. The predicted octanol–water partition coefficient (Wildman–Crippen LogP) is 1.90. The first-order chi connectivity index (χ1) is 9.96. The van der Waals surface area contributed by atoms with Gasteiger partial charge in [0.25, 0.3) is 0 Å². The van der Waals surface area contributed by atoms with Crippen molar-refractivity contribution in [2.45, 2.75) is 39.7 Å². The molecule has 1 fully saturated rings. The van der Waals surface area contributed by atoms with Crippen molar-refractivity contribution in [2.75, 3.05) is 33.4 Å². The van der Waals surface area contributed by atoms with Crippen LogP contribution in [0, 0.1) is 11.8 Å². The van der Waals surface area contributed by atoms with E-state index in [1.54, 1.807) is 18.9 Å². The highest BCUT2D eigenvalue weighted by Crippen LogP contribution is 2.26. The summed E-state index contributed by atoms with van der Waals surface area (Å²) < 4.78 is 5.09. The van der Waals surface area contributed by atoms with Gasteiger partial charge in [-0.05, 0) is 12.8 Å². The molecule has 0 radical (unpaired) electrons. The van der Waals surface area contributed by atoms with E-state index in [4.69, 9.17) is 9.84 Å². The van der Waals surface area contributed by atoms with Crippen molar-refractivity contribution in [1.82, 2.24) is 9.80 Å². The number of hydrogen-bond acceptors (Lipinski definition) is 3. The Bertz CT molecular complexity index is 352. The number of nitrogens with zero attached hydrogens (tertiary/aromatic N) is 2. The smallest absolute Gasteiger partial charge is 0.320 e. The van der Waals surface area contributed by atoms with E-state index in [1.807, 2.05) is 4.90 Å². The fraction of sp³-hybridized carbons (Fsp3) is 0.867. The number of aliphatic carboxylic acids is 1. The summed E-state index contributed by atoms with van der Waals surface area (Å²) in [6.07, 6.45) is 1.82. The lowest BCUT2D eigenvalue weighted by atomic mass is 9.87. The molecular weight excluding hydrogens is 272 g/mol. The zero-order valence-electron chi connectivity index (χ0n) is 13.5. The fourth-order valence-corrected chi connectivity index (χ4v) is 2.72. The van der Waals surface area contributed by atoms with Crippen LogP contribution in [0.1, 0.15) is 33.6 Å². The van der Waals surface area contributed by atoms with Crippen molar-refractivity contribution in [3.63, 3.8) is 0 Å². The number of urea groups is 1. The van der Waals surface area contributed by atoms with Crippen molar-refractivity contribution in [3.8, 4) is 0 Å². The van der Waals surface area contributed by atoms with Gasteiger partial charge < -0.3 is 19.6 Å². The maximum Gasteiger partial charge on any atom is 0.320 e. The second-order valence-electron chi connectivity index (χ2n) is 5.73. The zero-order chi connectivity index (χ0) is 16.0. The summed E-state index contributed by atoms with van der Waals surface area (Å²) in [5.41, 5.74) is 0. The maximum absolute atomic E-state index is 12.6. The number of likely N-dealkylation sites (tertiary alicyclic amines) is 1. The Labute approximate surface area is 127 Å². The second kappa shape index (κ2) is 8.22. The summed E-state index contributed by atoms with van der Waals surface area (Å²) in [5.74, 6) is -1.12. The molecule has 2 amide bonds. The molecule has 122 valence electrons. The van der Waals surface area contributed by atoms with Crippen molar-refractivity contribution in [3.05, 3.63) is 0 Å².